The zero-order valence-corrected chi connectivity index (χ0v) is 11.6. The Balaban J connectivity index is 2.23. The first-order chi connectivity index (χ1) is 10.6. The Morgan fingerprint density at radius 2 is 1.50 bits per heavy atom. The van der Waals surface area contributed by atoms with E-state index < -0.39 is 23.6 Å². The molecule has 0 unspecified atom stereocenters. The van der Waals surface area contributed by atoms with Crippen LogP contribution < -0.4 is 0 Å². The molecule has 1 aliphatic rings. The van der Waals surface area contributed by atoms with Gasteiger partial charge >= 0.3 is 11.9 Å². The van der Waals surface area contributed by atoms with Crippen molar-refractivity contribution in [1.82, 2.24) is 0 Å². The summed E-state index contributed by atoms with van der Waals surface area (Å²) in [7, 11) is 0. The van der Waals surface area contributed by atoms with Crippen LogP contribution >= 0.6 is 0 Å². The summed E-state index contributed by atoms with van der Waals surface area (Å²) < 4.78 is 10.9. The van der Waals surface area contributed by atoms with Gasteiger partial charge in [0.1, 0.15) is 6.61 Å². The van der Waals surface area contributed by atoms with Gasteiger partial charge in [-0.3, -0.25) is 0 Å². The Hall–Kier alpha value is -2.66. The highest BCUT2D eigenvalue weighted by Crippen LogP contribution is 2.40. The van der Waals surface area contributed by atoms with Gasteiger partial charge in [-0.05, 0) is 11.1 Å². The molecule has 2 aromatic carbocycles. The van der Waals surface area contributed by atoms with Gasteiger partial charge in [0, 0.05) is 0 Å². The normalized spacial score (nSPS) is 20.2. The first-order valence-corrected chi connectivity index (χ1v) is 6.82. The fourth-order valence-electron chi connectivity index (χ4n) is 2.73. The highest BCUT2D eigenvalue weighted by molar-refractivity contribution is 5.82. The summed E-state index contributed by atoms with van der Waals surface area (Å²) in [4.78, 5) is 23.2. The van der Waals surface area contributed by atoms with Gasteiger partial charge in [-0.2, -0.15) is 0 Å². The highest BCUT2D eigenvalue weighted by atomic mass is 16.6. The van der Waals surface area contributed by atoms with E-state index in [0.717, 1.165) is 0 Å². The van der Waals surface area contributed by atoms with Crippen LogP contribution in [-0.4, -0.2) is 29.8 Å². The molecule has 5 nitrogen and oxygen atoms in total. The summed E-state index contributed by atoms with van der Waals surface area (Å²) in [5.41, 5.74) is -0.107. The molecule has 0 aromatic heterocycles. The molecule has 112 valence electrons. The average Bonchev–Trinajstić information content (AvgIpc) is 2.56. The highest BCUT2D eigenvalue weighted by Gasteiger charge is 2.53. The molecule has 0 aliphatic carbocycles. The van der Waals surface area contributed by atoms with Gasteiger partial charge in [-0.25, -0.2) is 9.59 Å². The molecule has 1 fully saturated rings. The maximum atomic E-state index is 11.7. The second-order valence-corrected chi connectivity index (χ2v) is 4.96. The lowest BCUT2D eigenvalue weighted by molar-refractivity contribution is -0.211. The van der Waals surface area contributed by atoms with E-state index in [-0.39, 0.29) is 6.61 Å². The summed E-state index contributed by atoms with van der Waals surface area (Å²) in [6, 6.07) is 17.9. The number of ether oxygens (including phenoxy) is 2. The minimum Gasteiger partial charge on any atom is -0.478 e. The Bertz CT molecular complexity index is 641. The number of benzene rings is 2. The van der Waals surface area contributed by atoms with E-state index in [9.17, 15) is 14.7 Å². The van der Waals surface area contributed by atoms with Gasteiger partial charge in [-0.1, -0.05) is 60.7 Å². The lowest BCUT2D eigenvalue weighted by atomic mass is 9.80. The van der Waals surface area contributed by atoms with Gasteiger partial charge in [0.25, 0.3) is 0 Å². The fourth-order valence-corrected chi connectivity index (χ4v) is 2.73. The van der Waals surface area contributed by atoms with Gasteiger partial charge < -0.3 is 14.6 Å². The van der Waals surface area contributed by atoms with Gasteiger partial charge in [-0.15, -0.1) is 0 Å². The van der Waals surface area contributed by atoms with Crippen LogP contribution in [-0.2, 0) is 24.7 Å². The number of cyclic esters (lactones) is 1. The van der Waals surface area contributed by atoms with Crippen LogP contribution in [0.15, 0.2) is 60.7 Å². The molecular weight excluding hydrogens is 284 g/mol. The largest absolute Gasteiger partial charge is 0.478 e. The number of carbonyl (C=O) groups excluding carboxylic acids is 1. The number of esters is 1. The summed E-state index contributed by atoms with van der Waals surface area (Å²) in [5.74, 6) is -1.93. The van der Waals surface area contributed by atoms with Gasteiger partial charge in [0.2, 0.25) is 6.10 Å². The Morgan fingerprint density at radius 1 is 1.00 bits per heavy atom. The van der Waals surface area contributed by atoms with Crippen molar-refractivity contribution < 1.29 is 24.2 Å². The molecule has 1 saturated heterocycles. The lowest BCUT2D eigenvalue weighted by Crippen LogP contribution is -2.54. The van der Waals surface area contributed by atoms with Gasteiger partial charge in [0.05, 0.1) is 0 Å². The van der Waals surface area contributed by atoms with Crippen LogP contribution in [0.2, 0.25) is 0 Å². The van der Waals surface area contributed by atoms with Crippen molar-refractivity contribution >= 4 is 11.9 Å². The second kappa shape index (κ2) is 5.61. The third kappa shape index (κ3) is 2.25. The zero-order valence-electron chi connectivity index (χ0n) is 11.6. The monoisotopic (exact) mass is 298 g/mol. The number of carboxylic acid groups (broad SMARTS) is 1. The predicted molar refractivity (Wildman–Crippen MR) is 77.1 cm³/mol. The molecule has 0 spiro atoms. The Kier molecular flexibility index (Phi) is 3.65. The Labute approximate surface area is 127 Å². The van der Waals surface area contributed by atoms with E-state index in [4.69, 9.17) is 9.47 Å². The number of aliphatic carboxylic acids is 1. The smallest absolute Gasteiger partial charge is 0.348 e. The number of hydrogen-bond acceptors (Lipinski definition) is 4. The van der Waals surface area contributed by atoms with Crippen LogP contribution in [0.1, 0.15) is 11.1 Å². The topological polar surface area (TPSA) is 72.8 Å². The van der Waals surface area contributed by atoms with E-state index in [1.165, 1.54) is 0 Å². The van der Waals surface area contributed by atoms with Crippen molar-refractivity contribution in [3.05, 3.63) is 71.8 Å². The maximum Gasteiger partial charge on any atom is 0.348 e. The van der Waals surface area contributed by atoms with Crippen molar-refractivity contribution in [2.24, 2.45) is 0 Å². The number of carboxylic acids is 1. The minimum absolute atomic E-state index is 0.298. The number of carbonyl (C=O) groups is 2. The van der Waals surface area contributed by atoms with Crippen LogP contribution in [0, 0.1) is 0 Å². The molecule has 1 atom stereocenters. The molecule has 22 heavy (non-hydrogen) atoms. The lowest BCUT2D eigenvalue weighted by Gasteiger charge is -2.41. The molecule has 0 bridgehead atoms. The maximum absolute atomic E-state index is 11.7. The van der Waals surface area contributed by atoms with Gasteiger partial charge in [0.15, 0.2) is 5.60 Å². The zero-order chi connectivity index (χ0) is 15.6. The van der Waals surface area contributed by atoms with E-state index >= 15 is 0 Å². The van der Waals surface area contributed by atoms with Crippen molar-refractivity contribution in [2.75, 3.05) is 6.61 Å². The fraction of sp³-hybridized carbons (Fsp3) is 0.176. The molecule has 1 aliphatic heterocycles. The summed E-state index contributed by atoms with van der Waals surface area (Å²) in [5, 5.41) is 9.56. The molecule has 0 saturated carbocycles. The molecule has 2 aromatic rings. The molecular formula is C17H14O5. The van der Waals surface area contributed by atoms with Crippen molar-refractivity contribution in [1.29, 1.82) is 0 Å². The van der Waals surface area contributed by atoms with E-state index in [2.05, 4.69) is 0 Å². The Morgan fingerprint density at radius 3 is 1.95 bits per heavy atom. The third-order valence-electron chi connectivity index (χ3n) is 3.67. The summed E-state index contributed by atoms with van der Waals surface area (Å²) in [6.45, 7) is -0.298. The first-order valence-electron chi connectivity index (χ1n) is 6.82. The van der Waals surface area contributed by atoms with Crippen LogP contribution in [0.3, 0.4) is 0 Å². The molecule has 0 amide bonds. The quantitative estimate of drug-likeness (QED) is 0.877. The molecule has 1 heterocycles. The third-order valence-corrected chi connectivity index (χ3v) is 3.67. The summed E-state index contributed by atoms with van der Waals surface area (Å²) >= 11 is 0. The van der Waals surface area contributed by atoms with E-state index in [0.29, 0.717) is 11.1 Å². The van der Waals surface area contributed by atoms with Crippen molar-refractivity contribution in [3.63, 3.8) is 0 Å². The SMILES string of the molecule is O=C1COC(c2ccccc2)(c2ccccc2)[C@@H](C(=O)O)O1. The summed E-state index contributed by atoms with van der Waals surface area (Å²) in [6.07, 6.45) is -1.45. The van der Waals surface area contributed by atoms with E-state index in [1.54, 1.807) is 48.5 Å². The average molecular weight is 298 g/mol. The second-order valence-electron chi connectivity index (χ2n) is 4.96. The first kappa shape index (κ1) is 14.3. The standard InChI is InChI=1S/C17H14O5/c18-14-11-21-17(15(22-14)16(19)20,12-7-3-1-4-8-12)13-9-5-2-6-10-13/h1-10,15H,11H2,(H,19,20)/t15-/m1/s1. The molecule has 5 heteroatoms. The van der Waals surface area contributed by atoms with Crippen LogP contribution in [0.4, 0.5) is 0 Å². The number of rotatable bonds is 3. The molecule has 1 N–H and O–H groups in total. The van der Waals surface area contributed by atoms with E-state index in [1.807, 2.05) is 12.1 Å². The van der Waals surface area contributed by atoms with Crippen molar-refractivity contribution in [2.45, 2.75) is 11.7 Å². The predicted octanol–water partition coefficient (Wildman–Crippen LogP) is 1.96. The molecule has 3 rings (SSSR count). The van der Waals surface area contributed by atoms with Crippen LogP contribution in [0.5, 0.6) is 0 Å². The minimum atomic E-state index is -1.45. The number of hydrogen-bond donors (Lipinski definition) is 1. The van der Waals surface area contributed by atoms with Crippen molar-refractivity contribution in [3.8, 4) is 0 Å². The van der Waals surface area contributed by atoms with Crippen LogP contribution in [0.25, 0.3) is 0 Å². The molecule has 0 radical (unpaired) electrons.